The summed E-state index contributed by atoms with van der Waals surface area (Å²) in [5.41, 5.74) is 0.962. The van der Waals surface area contributed by atoms with Crippen molar-refractivity contribution in [1.29, 1.82) is 0 Å². The summed E-state index contributed by atoms with van der Waals surface area (Å²) in [5, 5.41) is 11.3. The van der Waals surface area contributed by atoms with Crippen molar-refractivity contribution < 1.29 is 33.3 Å². The quantitative estimate of drug-likeness (QED) is 0.271. The van der Waals surface area contributed by atoms with Gasteiger partial charge in [0.05, 0.1) is 45.2 Å². The second-order valence-corrected chi connectivity index (χ2v) is 7.99. The number of amides is 1. The predicted octanol–water partition coefficient (Wildman–Crippen LogP) is 4.71. The lowest BCUT2D eigenvalue weighted by Gasteiger charge is -2.24. The number of nitrogens with zero attached hydrogens (tertiary/aromatic N) is 1. The number of benzene rings is 2. The fourth-order valence-corrected chi connectivity index (χ4v) is 4.07. The summed E-state index contributed by atoms with van der Waals surface area (Å²) >= 11 is 0. The van der Waals surface area contributed by atoms with E-state index in [1.807, 2.05) is 6.92 Å². The van der Waals surface area contributed by atoms with E-state index in [1.54, 1.807) is 54.6 Å². The van der Waals surface area contributed by atoms with Gasteiger partial charge < -0.3 is 28.6 Å². The van der Waals surface area contributed by atoms with Gasteiger partial charge in [-0.2, -0.15) is 0 Å². The van der Waals surface area contributed by atoms with Crippen LogP contribution in [0.3, 0.4) is 0 Å². The summed E-state index contributed by atoms with van der Waals surface area (Å²) in [4.78, 5) is 27.7. The molecule has 3 aromatic rings. The molecule has 0 bridgehead atoms. The minimum atomic E-state index is -0.826. The Balaban J connectivity index is 1.82. The first-order valence-corrected chi connectivity index (χ1v) is 11.2. The van der Waals surface area contributed by atoms with Crippen molar-refractivity contribution in [3.8, 4) is 17.2 Å². The van der Waals surface area contributed by atoms with Crippen molar-refractivity contribution in [3.05, 3.63) is 83.3 Å². The average molecular weight is 478 g/mol. The molecule has 182 valence electrons. The Kier molecular flexibility index (Phi) is 7.10. The lowest BCUT2D eigenvalue weighted by atomic mass is 9.95. The highest BCUT2D eigenvalue weighted by molar-refractivity contribution is 6.46. The van der Waals surface area contributed by atoms with E-state index in [9.17, 15) is 14.7 Å². The van der Waals surface area contributed by atoms with Crippen LogP contribution in [0.2, 0.25) is 0 Å². The lowest BCUT2D eigenvalue weighted by molar-refractivity contribution is -0.140. The van der Waals surface area contributed by atoms with Crippen LogP contribution in [-0.2, 0) is 16.1 Å². The molecule has 4 rings (SSSR count). The molecular formula is C27H27NO7. The van der Waals surface area contributed by atoms with Gasteiger partial charge in [-0.25, -0.2) is 0 Å². The largest absolute Gasteiger partial charge is 0.507 e. The first-order chi connectivity index (χ1) is 17.0. The Bertz CT molecular complexity index is 1230. The van der Waals surface area contributed by atoms with Gasteiger partial charge in [-0.05, 0) is 54.4 Å². The van der Waals surface area contributed by atoms with Crippen LogP contribution in [0, 0.1) is 0 Å². The normalized spacial score (nSPS) is 17.0. The monoisotopic (exact) mass is 477 g/mol. The van der Waals surface area contributed by atoms with Gasteiger partial charge in [-0.1, -0.05) is 19.1 Å². The SMILES string of the molecule is CCCOc1ccc(C2C(=C(O)c3ccc(OC)c(OC)c3)C(=O)C(=O)N2Cc2ccco2)cc1. The number of Topliss-reactive ketones (excluding diaryl/α,β-unsaturated/α-hetero) is 1. The number of aliphatic hydroxyl groups is 1. The van der Waals surface area contributed by atoms with Gasteiger partial charge in [-0.3, -0.25) is 9.59 Å². The molecule has 2 aromatic carbocycles. The molecule has 1 fully saturated rings. The van der Waals surface area contributed by atoms with Crippen LogP contribution in [0.5, 0.6) is 17.2 Å². The second kappa shape index (κ2) is 10.4. The molecule has 0 saturated carbocycles. The number of hydrogen-bond donors (Lipinski definition) is 1. The lowest BCUT2D eigenvalue weighted by Crippen LogP contribution is -2.29. The highest BCUT2D eigenvalue weighted by atomic mass is 16.5. The summed E-state index contributed by atoms with van der Waals surface area (Å²) in [6.45, 7) is 2.67. The number of ether oxygens (including phenoxy) is 3. The minimum Gasteiger partial charge on any atom is -0.507 e. The Morgan fingerprint density at radius 2 is 1.77 bits per heavy atom. The molecule has 1 aromatic heterocycles. The highest BCUT2D eigenvalue weighted by Crippen LogP contribution is 2.41. The molecule has 1 aliphatic rings. The fraction of sp³-hybridized carbons (Fsp3) is 0.259. The first-order valence-electron chi connectivity index (χ1n) is 11.2. The third-order valence-corrected chi connectivity index (χ3v) is 5.77. The Labute approximate surface area is 203 Å². The number of aliphatic hydroxyl groups excluding tert-OH is 1. The van der Waals surface area contributed by atoms with Gasteiger partial charge in [0.25, 0.3) is 11.7 Å². The maximum atomic E-state index is 13.2. The van der Waals surface area contributed by atoms with Crippen molar-refractivity contribution in [2.75, 3.05) is 20.8 Å². The Morgan fingerprint density at radius 1 is 1.03 bits per heavy atom. The molecule has 1 aliphatic heterocycles. The number of likely N-dealkylation sites (tertiary alicyclic amines) is 1. The van der Waals surface area contributed by atoms with E-state index in [-0.39, 0.29) is 17.9 Å². The summed E-state index contributed by atoms with van der Waals surface area (Å²) in [7, 11) is 2.98. The third kappa shape index (κ3) is 4.73. The Hall–Kier alpha value is -4.20. The zero-order valence-electron chi connectivity index (χ0n) is 19.8. The van der Waals surface area contributed by atoms with E-state index in [0.29, 0.717) is 40.7 Å². The molecule has 0 radical (unpaired) electrons. The van der Waals surface area contributed by atoms with Gasteiger partial charge in [0.2, 0.25) is 0 Å². The molecule has 8 heteroatoms. The zero-order valence-corrected chi connectivity index (χ0v) is 19.8. The molecule has 8 nitrogen and oxygen atoms in total. The van der Waals surface area contributed by atoms with E-state index < -0.39 is 17.7 Å². The number of ketones is 1. The first kappa shape index (κ1) is 23.9. The second-order valence-electron chi connectivity index (χ2n) is 7.99. The van der Waals surface area contributed by atoms with Crippen LogP contribution in [0.1, 0.15) is 36.3 Å². The molecular weight excluding hydrogens is 450 g/mol. The smallest absolute Gasteiger partial charge is 0.296 e. The summed E-state index contributed by atoms with van der Waals surface area (Å²) in [5.74, 6) is 0.253. The molecule has 1 saturated heterocycles. The molecule has 1 atom stereocenters. The van der Waals surface area contributed by atoms with E-state index in [0.717, 1.165) is 6.42 Å². The van der Waals surface area contributed by atoms with Gasteiger partial charge in [0.1, 0.15) is 17.3 Å². The maximum absolute atomic E-state index is 13.2. The van der Waals surface area contributed by atoms with E-state index in [2.05, 4.69) is 0 Å². The van der Waals surface area contributed by atoms with Crippen LogP contribution in [0.15, 0.2) is 70.9 Å². The van der Waals surface area contributed by atoms with Crippen molar-refractivity contribution in [3.63, 3.8) is 0 Å². The number of methoxy groups -OCH3 is 2. The summed E-state index contributed by atoms with van der Waals surface area (Å²) in [6, 6.07) is 14.6. The van der Waals surface area contributed by atoms with Crippen LogP contribution in [-0.4, -0.2) is 42.5 Å². The van der Waals surface area contributed by atoms with Crippen molar-refractivity contribution in [2.24, 2.45) is 0 Å². The van der Waals surface area contributed by atoms with Gasteiger partial charge in [0.15, 0.2) is 11.5 Å². The van der Waals surface area contributed by atoms with Gasteiger partial charge in [-0.15, -0.1) is 0 Å². The fourth-order valence-electron chi connectivity index (χ4n) is 4.07. The molecule has 0 aliphatic carbocycles. The third-order valence-electron chi connectivity index (χ3n) is 5.77. The van der Waals surface area contributed by atoms with Gasteiger partial charge >= 0.3 is 0 Å². The van der Waals surface area contributed by atoms with Crippen LogP contribution >= 0.6 is 0 Å². The molecule has 1 N–H and O–H groups in total. The predicted molar refractivity (Wildman–Crippen MR) is 128 cm³/mol. The Morgan fingerprint density at radius 3 is 2.40 bits per heavy atom. The average Bonchev–Trinajstić information content (AvgIpc) is 3.49. The molecule has 1 amide bonds. The molecule has 2 heterocycles. The number of carbonyl (C=O) groups excluding carboxylic acids is 2. The van der Waals surface area contributed by atoms with Crippen molar-refractivity contribution in [2.45, 2.75) is 25.9 Å². The molecule has 1 unspecified atom stereocenters. The number of rotatable bonds is 9. The number of carbonyl (C=O) groups is 2. The molecule has 0 spiro atoms. The van der Waals surface area contributed by atoms with Crippen LogP contribution in [0.4, 0.5) is 0 Å². The zero-order chi connectivity index (χ0) is 24.9. The van der Waals surface area contributed by atoms with E-state index in [1.165, 1.54) is 25.4 Å². The van der Waals surface area contributed by atoms with Crippen LogP contribution < -0.4 is 14.2 Å². The maximum Gasteiger partial charge on any atom is 0.296 e. The van der Waals surface area contributed by atoms with Crippen LogP contribution in [0.25, 0.3) is 5.76 Å². The number of furan rings is 1. The minimum absolute atomic E-state index is 0.0176. The highest BCUT2D eigenvalue weighted by Gasteiger charge is 2.46. The summed E-state index contributed by atoms with van der Waals surface area (Å²) < 4.78 is 21.7. The van der Waals surface area contributed by atoms with E-state index in [4.69, 9.17) is 18.6 Å². The topological polar surface area (TPSA) is 98.4 Å². The van der Waals surface area contributed by atoms with E-state index >= 15 is 0 Å². The van der Waals surface area contributed by atoms with Gasteiger partial charge in [0, 0.05) is 5.56 Å². The molecule has 35 heavy (non-hydrogen) atoms. The van der Waals surface area contributed by atoms with Crippen molar-refractivity contribution >= 4 is 17.4 Å². The van der Waals surface area contributed by atoms with Crippen molar-refractivity contribution in [1.82, 2.24) is 4.90 Å². The number of hydrogen-bond acceptors (Lipinski definition) is 7. The summed E-state index contributed by atoms with van der Waals surface area (Å²) in [6.07, 6.45) is 2.38. The standard InChI is InChI=1S/C27H27NO7/c1-4-13-34-19-10-7-17(8-11-19)24-23(25(29)18-9-12-21(32-2)22(15-18)33-3)26(30)27(31)28(24)16-20-6-5-14-35-20/h5-12,14-15,24,29H,4,13,16H2,1-3H3.